The van der Waals surface area contributed by atoms with E-state index in [2.05, 4.69) is 25.7 Å². The van der Waals surface area contributed by atoms with Gasteiger partial charge in [-0.1, -0.05) is 67.6 Å². The molecule has 3 aliphatic heterocycles. The Balaban J connectivity index is 1.11. The van der Waals surface area contributed by atoms with Gasteiger partial charge in [0.15, 0.2) is 23.1 Å². The number of benzene rings is 2. The molecule has 1 saturated carbocycles. The van der Waals surface area contributed by atoms with Crippen LogP contribution in [0.1, 0.15) is 49.3 Å². The highest BCUT2D eigenvalue weighted by Gasteiger charge is 2.51. The zero-order valence-corrected chi connectivity index (χ0v) is 32.5. The molecule has 4 aromatic rings. The number of aliphatic hydroxyl groups is 1. The van der Waals surface area contributed by atoms with E-state index in [9.17, 15) is 32.7 Å². The lowest BCUT2D eigenvalue weighted by Gasteiger charge is -2.24. The fraction of sp³-hybridized carbons (Fsp3) is 0.350. The topological polar surface area (TPSA) is 179 Å². The second-order valence-corrected chi connectivity index (χ2v) is 15.4. The average Bonchev–Trinajstić information content (AvgIpc) is 4.05. The standard InChI is InChI=1S/C40H41F3N10O5S/c1-2-31(54)48-29-18-30(33(55)34(29)58-38(57)40(41,42)43)52-22-45-32-35(44-20-28(23-9-5-3-6-10-23)24-11-7-4-8-12-24)49-39(50-36(32)52)51-15-14-26(21-51)47-37(56)25-13-16-53-27(17-25)19-46-59-53/h3-13,16-17,19,22,26,28-30,33-34,46,55H,2,14-15,18,20-21H2,1H3,(H,47,56)(H,48,54)(H,44,49,50)/t26-,29+,30-,33+,34-/m1/s1. The van der Waals surface area contributed by atoms with Crippen molar-refractivity contribution in [3.8, 4) is 0 Å². The van der Waals surface area contributed by atoms with Gasteiger partial charge in [0.25, 0.3) is 5.91 Å². The quantitative estimate of drug-likeness (QED) is 0.102. The number of carbonyl (C=O) groups is 3. The Kier molecular flexibility index (Phi) is 11.2. The number of nitrogens with one attached hydrogen (secondary N) is 4. The molecule has 2 fully saturated rings. The SMILES string of the molecule is CCC(=O)N[C@H]1C[C@@H](n2cnc3c(NCC(c4ccccc4)c4ccccc4)nc(N4CC[C@@H](NC(=O)C5=CC6=CNSN6C=C5)C4)nc32)[C@H](O)[C@@H]1OC(=O)C(F)(F)F. The molecule has 308 valence electrons. The Morgan fingerprint density at radius 3 is 2.47 bits per heavy atom. The summed E-state index contributed by atoms with van der Waals surface area (Å²) in [5, 5.41) is 20.8. The molecule has 2 aromatic carbocycles. The predicted octanol–water partition coefficient (Wildman–Crippen LogP) is 4.20. The van der Waals surface area contributed by atoms with Crippen LogP contribution in [0.5, 0.6) is 0 Å². The zero-order chi connectivity index (χ0) is 41.3. The lowest BCUT2D eigenvalue weighted by Crippen LogP contribution is -2.47. The third-order valence-electron chi connectivity index (χ3n) is 10.8. The molecule has 5 atom stereocenters. The summed E-state index contributed by atoms with van der Waals surface area (Å²) in [5.74, 6) is -2.63. The molecule has 4 aliphatic rings. The van der Waals surface area contributed by atoms with Crippen molar-refractivity contribution in [2.45, 2.75) is 68.6 Å². The van der Waals surface area contributed by atoms with Gasteiger partial charge in [-0.2, -0.15) is 23.1 Å². The minimum Gasteiger partial charge on any atom is -0.451 e. The molecular weight excluding hydrogens is 790 g/mol. The number of aromatic nitrogens is 4. The van der Waals surface area contributed by atoms with Gasteiger partial charge in [0.05, 0.1) is 36.2 Å². The minimum atomic E-state index is -5.32. The van der Waals surface area contributed by atoms with Crippen molar-refractivity contribution in [2.75, 3.05) is 29.9 Å². The van der Waals surface area contributed by atoms with Crippen molar-refractivity contribution in [3.63, 3.8) is 0 Å². The summed E-state index contributed by atoms with van der Waals surface area (Å²) < 4.78 is 51.4. The highest BCUT2D eigenvalue weighted by atomic mass is 32.2. The van der Waals surface area contributed by atoms with Crippen LogP contribution in [0.3, 0.4) is 0 Å². The van der Waals surface area contributed by atoms with Crippen molar-refractivity contribution in [3.05, 3.63) is 114 Å². The van der Waals surface area contributed by atoms with Gasteiger partial charge >= 0.3 is 12.1 Å². The van der Waals surface area contributed by atoms with Crippen LogP contribution in [0.25, 0.3) is 11.2 Å². The maximum absolute atomic E-state index is 13.4. The maximum atomic E-state index is 13.4. The average molecular weight is 831 g/mol. The summed E-state index contributed by atoms with van der Waals surface area (Å²) in [7, 11) is 0. The number of alkyl halides is 3. The fourth-order valence-electron chi connectivity index (χ4n) is 7.78. The van der Waals surface area contributed by atoms with Crippen molar-refractivity contribution < 1.29 is 37.4 Å². The van der Waals surface area contributed by atoms with Crippen LogP contribution in [0, 0.1) is 0 Å². The number of fused-ring (bicyclic) bond motifs is 2. The Labute approximate surface area is 341 Å². The molecular formula is C40H41F3N10O5S. The predicted molar refractivity (Wildman–Crippen MR) is 213 cm³/mol. The number of hydrogen-bond donors (Lipinski definition) is 5. The van der Waals surface area contributed by atoms with E-state index in [-0.39, 0.29) is 36.4 Å². The van der Waals surface area contributed by atoms with E-state index in [1.165, 1.54) is 23.0 Å². The first-order chi connectivity index (χ1) is 28.5. The largest absolute Gasteiger partial charge is 0.490 e. The number of imidazole rings is 1. The molecule has 2 aromatic heterocycles. The number of allylic oxidation sites excluding steroid dienone is 1. The van der Waals surface area contributed by atoms with Crippen molar-refractivity contribution in [1.29, 1.82) is 0 Å². The Hall–Kier alpha value is -6.08. The van der Waals surface area contributed by atoms with Crippen LogP contribution in [0.2, 0.25) is 0 Å². The molecule has 0 spiro atoms. The van der Waals surface area contributed by atoms with Gasteiger partial charge in [0.1, 0.15) is 6.10 Å². The first kappa shape index (κ1) is 39.7. The second kappa shape index (κ2) is 16.6. The van der Waals surface area contributed by atoms with Crippen LogP contribution in [-0.4, -0.2) is 96.8 Å². The van der Waals surface area contributed by atoms with Gasteiger partial charge in [-0.15, -0.1) is 0 Å². The van der Waals surface area contributed by atoms with Gasteiger partial charge in [0.2, 0.25) is 11.9 Å². The van der Waals surface area contributed by atoms with Crippen molar-refractivity contribution >= 4 is 52.8 Å². The van der Waals surface area contributed by atoms with Crippen LogP contribution >= 0.6 is 12.1 Å². The normalized spacial score (nSPS) is 22.5. The second-order valence-electron chi connectivity index (χ2n) is 14.6. The molecule has 1 saturated heterocycles. The number of ether oxygens (including phenoxy) is 1. The number of hydrogen-bond acceptors (Lipinski definition) is 13. The van der Waals surface area contributed by atoms with Crippen LogP contribution in [0.15, 0.2) is 103 Å². The fourth-order valence-corrected chi connectivity index (χ4v) is 8.40. The highest BCUT2D eigenvalue weighted by Crippen LogP contribution is 2.38. The summed E-state index contributed by atoms with van der Waals surface area (Å²) in [6.07, 6.45) is 0.401. The minimum absolute atomic E-state index is 0.0166. The number of rotatable bonds is 12. The van der Waals surface area contributed by atoms with E-state index < -0.39 is 42.3 Å². The van der Waals surface area contributed by atoms with E-state index in [0.29, 0.717) is 48.9 Å². The maximum Gasteiger partial charge on any atom is 0.490 e. The number of nitrogens with zero attached hydrogens (tertiary/aromatic N) is 6. The van der Waals surface area contributed by atoms with Crippen LogP contribution in [-0.2, 0) is 19.1 Å². The zero-order valence-electron chi connectivity index (χ0n) is 31.7. The molecule has 0 unspecified atom stereocenters. The van der Waals surface area contributed by atoms with Crippen molar-refractivity contribution in [1.82, 2.24) is 39.2 Å². The van der Waals surface area contributed by atoms with E-state index in [1.807, 2.05) is 82.3 Å². The molecule has 1 aliphatic carbocycles. The van der Waals surface area contributed by atoms with Crippen LogP contribution < -0.4 is 25.6 Å². The summed E-state index contributed by atoms with van der Waals surface area (Å²) >= 11 is 1.40. The highest BCUT2D eigenvalue weighted by molar-refractivity contribution is 7.95. The van der Waals surface area contributed by atoms with Crippen molar-refractivity contribution in [2.24, 2.45) is 0 Å². The number of halogens is 3. The molecule has 59 heavy (non-hydrogen) atoms. The Morgan fingerprint density at radius 2 is 1.78 bits per heavy atom. The number of carbonyl (C=O) groups excluding carboxylic acids is 3. The molecule has 0 radical (unpaired) electrons. The molecule has 5 N–H and O–H groups in total. The Bertz CT molecular complexity index is 2270. The lowest BCUT2D eigenvalue weighted by molar-refractivity contribution is -0.209. The first-order valence-corrected chi connectivity index (χ1v) is 19.9. The van der Waals surface area contributed by atoms with Gasteiger partial charge in [0, 0.05) is 56.0 Å². The van der Waals surface area contributed by atoms with E-state index in [1.54, 1.807) is 19.1 Å². The summed E-state index contributed by atoms with van der Waals surface area (Å²) in [6.45, 7) is 2.82. The van der Waals surface area contributed by atoms with Gasteiger partial charge in [-0.05, 0) is 36.1 Å². The summed E-state index contributed by atoms with van der Waals surface area (Å²) in [4.78, 5) is 54.2. The smallest absolute Gasteiger partial charge is 0.451 e. The third kappa shape index (κ3) is 8.43. The Morgan fingerprint density at radius 1 is 1.05 bits per heavy atom. The molecule has 2 amide bonds. The molecule has 5 heterocycles. The molecule has 19 heteroatoms. The van der Waals surface area contributed by atoms with E-state index in [0.717, 1.165) is 16.8 Å². The third-order valence-corrected chi connectivity index (χ3v) is 11.5. The van der Waals surface area contributed by atoms with Gasteiger partial charge < -0.3 is 40.0 Å². The molecule has 15 nitrogen and oxygen atoms in total. The number of anilines is 2. The summed E-state index contributed by atoms with van der Waals surface area (Å²) in [6, 6.07) is 17.5. The number of amides is 2. The van der Waals surface area contributed by atoms with Gasteiger partial charge in [-0.25, -0.2) is 9.78 Å². The van der Waals surface area contributed by atoms with E-state index >= 15 is 0 Å². The number of aliphatic hydroxyl groups excluding tert-OH is 1. The molecule has 0 bridgehead atoms. The van der Waals surface area contributed by atoms with Crippen LogP contribution in [0.4, 0.5) is 24.9 Å². The number of esters is 1. The summed E-state index contributed by atoms with van der Waals surface area (Å²) in [5.41, 5.74) is 4.07. The molecule has 8 rings (SSSR count). The monoisotopic (exact) mass is 830 g/mol. The first-order valence-electron chi connectivity index (χ1n) is 19.2. The lowest BCUT2D eigenvalue weighted by atomic mass is 9.91. The van der Waals surface area contributed by atoms with E-state index in [4.69, 9.17) is 14.7 Å². The van der Waals surface area contributed by atoms with Gasteiger partial charge in [-0.3, -0.25) is 13.9 Å².